The van der Waals surface area contributed by atoms with Crippen molar-refractivity contribution in [3.05, 3.63) is 113 Å². The van der Waals surface area contributed by atoms with Crippen molar-refractivity contribution >= 4 is 16.9 Å². The molecule has 1 aliphatic rings. The average molecular weight is 653 g/mol. The number of aromatic amines is 2. The van der Waals surface area contributed by atoms with Gasteiger partial charge in [-0.15, -0.1) is 5.10 Å². The molecule has 7 rings (SSSR count). The topological polar surface area (TPSA) is 131 Å². The fourth-order valence-electron chi connectivity index (χ4n) is 6.30. The number of fused-ring (bicyclic) bond motifs is 10. The van der Waals surface area contributed by atoms with Gasteiger partial charge in [0.05, 0.1) is 31.0 Å². The molecule has 3 N–H and O–H groups in total. The maximum atomic E-state index is 15.7. The number of imidazole rings is 1. The maximum absolute atomic E-state index is 15.7. The summed E-state index contributed by atoms with van der Waals surface area (Å²) in [5.74, 6) is -1.45. The first-order valence-electron chi connectivity index (χ1n) is 15.8. The molecule has 0 amide bonds. The molecule has 3 aromatic carbocycles. The maximum Gasteiger partial charge on any atom is 0.303 e. The summed E-state index contributed by atoms with van der Waals surface area (Å²) in [6.45, 7) is 4.48. The van der Waals surface area contributed by atoms with Crippen LogP contribution < -0.4 is 4.74 Å². The number of nitrogens with one attached hydrogen (secondary N) is 2. The number of nitrogens with zero attached hydrogens (tertiary/aromatic N) is 4. The van der Waals surface area contributed by atoms with Crippen LogP contribution in [0.3, 0.4) is 0 Å². The minimum absolute atomic E-state index is 0.00464. The Labute approximate surface area is 274 Å². The Morgan fingerprint density at radius 3 is 2.88 bits per heavy atom. The van der Waals surface area contributed by atoms with Crippen LogP contribution >= 0.6 is 0 Å². The van der Waals surface area contributed by atoms with Gasteiger partial charge in [-0.2, -0.15) is 0 Å². The van der Waals surface area contributed by atoms with Gasteiger partial charge in [0.25, 0.3) is 0 Å². The molecule has 0 saturated heterocycles. The first kappa shape index (κ1) is 31.3. The lowest BCUT2D eigenvalue weighted by Crippen LogP contribution is -2.26. The van der Waals surface area contributed by atoms with E-state index >= 15 is 8.78 Å². The first-order valence-corrected chi connectivity index (χ1v) is 15.8. The number of halogens is 2. The van der Waals surface area contributed by atoms with Gasteiger partial charge >= 0.3 is 5.97 Å². The molecule has 0 spiro atoms. The third kappa shape index (κ3) is 6.18. The molecule has 12 heteroatoms. The number of rotatable bonds is 4. The van der Waals surface area contributed by atoms with Crippen LogP contribution in [0.2, 0.25) is 0 Å². The van der Waals surface area contributed by atoms with Crippen LogP contribution in [0, 0.1) is 11.6 Å². The number of H-pyrrole nitrogens is 2. The lowest BCUT2D eigenvalue weighted by molar-refractivity contribution is -0.136. The Hall–Kier alpha value is -5.36. The number of aliphatic carboxylic acids is 1. The Kier molecular flexibility index (Phi) is 8.26. The SMILES string of the molecule is CC1CCC(C)(c2cccc(CCC(=O)O)c2)c2cnc([nH]2)-c2cc(ccc2F)Oc2c(F)cc3[nH]ccc3c2Cn2cc(nn2)CO1. The summed E-state index contributed by atoms with van der Waals surface area (Å²) in [4.78, 5) is 22.3. The van der Waals surface area contributed by atoms with E-state index in [9.17, 15) is 9.90 Å². The molecule has 6 aromatic rings. The molecule has 48 heavy (non-hydrogen) atoms. The average Bonchev–Trinajstić information content (AvgIpc) is 3.86. The molecular weight excluding hydrogens is 618 g/mol. The molecule has 0 saturated carbocycles. The van der Waals surface area contributed by atoms with E-state index in [-0.39, 0.29) is 42.7 Å². The highest BCUT2D eigenvalue weighted by Crippen LogP contribution is 2.40. The van der Waals surface area contributed by atoms with E-state index in [1.807, 2.05) is 37.3 Å². The molecule has 2 unspecified atom stereocenters. The summed E-state index contributed by atoms with van der Waals surface area (Å²) in [5, 5.41) is 18.6. The number of hydrogen-bond donors (Lipinski definition) is 3. The number of aromatic nitrogens is 6. The van der Waals surface area contributed by atoms with Gasteiger partial charge in [-0.3, -0.25) is 4.79 Å². The molecular formula is C36H34F2N6O4. The fraction of sp³-hybridized carbons (Fsp3) is 0.278. The lowest BCUT2D eigenvalue weighted by Gasteiger charge is -2.31. The van der Waals surface area contributed by atoms with Crippen LogP contribution in [0.1, 0.15) is 61.2 Å². The standard InChI is InChI=1S/C36H34F2N6O4/c1-21-10-12-36(2,23-5-3-4-22(14-23)6-9-33(45)46)32-17-40-35(41-32)27-15-25(7-8-29(27)37)48-34-28(19-44-18-24(20-47-21)42-43-44)26-11-13-39-31(26)16-30(34)38/h3-5,7-8,11,13-18,21,39H,6,9-10,12,19-20H2,1-2H3,(H,40,41)(H,45,46). The normalized spacial score (nSPS) is 18.4. The fourth-order valence-corrected chi connectivity index (χ4v) is 6.30. The molecule has 3 aromatic heterocycles. The minimum Gasteiger partial charge on any atom is -0.481 e. The Morgan fingerprint density at radius 2 is 2.02 bits per heavy atom. The van der Waals surface area contributed by atoms with Gasteiger partial charge in [-0.1, -0.05) is 29.5 Å². The number of benzene rings is 3. The summed E-state index contributed by atoms with van der Waals surface area (Å²) < 4.78 is 45.1. The number of ether oxygens (including phenoxy) is 2. The summed E-state index contributed by atoms with van der Waals surface area (Å²) in [7, 11) is 0. The van der Waals surface area contributed by atoms with Crippen molar-refractivity contribution < 1.29 is 28.2 Å². The zero-order chi connectivity index (χ0) is 33.4. The van der Waals surface area contributed by atoms with Crippen LogP contribution in [0.15, 0.2) is 73.2 Å². The Balaban J connectivity index is 1.33. The van der Waals surface area contributed by atoms with E-state index in [2.05, 4.69) is 32.2 Å². The molecule has 10 nitrogen and oxygen atoms in total. The van der Waals surface area contributed by atoms with E-state index in [1.165, 1.54) is 24.3 Å². The van der Waals surface area contributed by atoms with Crippen LogP contribution in [0.5, 0.6) is 11.5 Å². The van der Waals surface area contributed by atoms with Crippen molar-refractivity contribution in [3.8, 4) is 22.9 Å². The number of carboxylic acid groups (broad SMARTS) is 1. The second kappa shape index (κ2) is 12.7. The summed E-state index contributed by atoms with van der Waals surface area (Å²) in [6.07, 6.45) is 6.74. The molecule has 246 valence electrons. The molecule has 2 atom stereocenters. The van der Waals surface area contributed by atoms with E-state index in [0.29, 0.717) is 41.9 Å². The lowest BCUT2D eigenvalue weighted by atomic mass is 9.75. The van der Waals surface area contributed by atoms with Crippen molar-refractivity contribution in [1.82, 2.24) is 29.9 Å². The Bertz CT molecular complexity index is 2120. The third-order valence-corrected chi connectivity index (χ3v) is 9.11. The second-order valence-corrected chi connectivity index (χ2v) is 12.5. The van der Waals surface area contributed by atoms with Crippen LogP contribution in [-0.2, 0) is 34.5 Å². The van der Waals surface area contributed by atoms with Crippen molar-refractivity contribution in [1.29, 1.82) is 0 Å². The summed E-state index contributed by atoms with van der Waals surface area (Å²) in [6, 6.07) is 15.3. The van der Waals surface area contributed by atoms with Gasteiger partial charge in [-0.05, 0) is 68.5 Å². The monoisotopic (exact) mass is 652 g/mol. The van der Waals surface area contributed by atoms with E-state index in [4.69, 9.17) is 9.47 Å². The highest BCUT2D eigenvalue weighted by Gasteiger charge is 2.32. The summed E-state index contributed by atoms with van der Waals surface area (Å²) >= 11 is 0. The Morgan fingerprint density at radius 1 is 1.15 bits per heavy atom. The van der Waals surface area contributed by atoms with Gasteiger partial charge in [0.15, 0.2) is 11.6 Å². The van der Waals surface area contributed by atoms with Crippen LogP contribution in [-0.4, -0.2) is 47.1 Å². The highest BCUT2D eigenvalue weighted by molar-refractivity contribution is 5.85. The van der Waals surface area contributed by atoms with Crippen molar-refractivity contribution in [2.24, 2.45) is 0 Å². The van der Waals surface area contributed by atoms with Gasteiger partial charge in [-0.25, -0.2) is 18.4 Å². The largest absolute Gasteiger partial charge is 0.481 e. The molecule has 1 aliphatic heterocycles. The van der Waals surface area contributed by atoms with Crippen molar-refractivity contribution in [2.45, 2.75) is 64.2 Å². The first-order chi connectivity index (χ1) is 23.2. The van der Waals surface area contributed by atoms with Crippen molar-refractivity contribution in [3.63, 3.8) is 0 Å². The van der Waals surface area contributed by atoms with E-state index < -0.39 is 23.0 Å². The van der Waals surface area contributed by atoms with Crippen LogP contribution in [0.25, 0.3) is 22.3 Å². The predicted octanol–water partition coefficient (Wildman–Crippen LogP) is 7.29. The van der Waals surface area contributed by atoms with Gasteiger partial charge in [0, 0.05) is 52.5 Å². The van der Waals surface area contributed by atoms with Gasteiger partial charge in [0.1, 0.15) is 23.1 Å². The van der Waals surface area contributed by atoms with Gasteiger partial charge in [0.2, 0.25) is 0 Å². The minimum atomic E-state index is -0.861. The van der Waals surface area contributed by atoms with E-state index in [1.54, 1.807) is 23.3 Å². The number of hydrogen-bond acceptors (Lipinski definition) is 6. The zero-order valence-corrected chi connectivity index (χ0v) is 26.5. The number of carbonyl (C=O) groups is 1. The molecule has 0 aliphatic carbocycles. The number of carboxylic acids is 1. The third-order valence-electron chi connectivity index (χ3n) is 9.11. The molecule has 0 radical (unpaired) electrons. The zero-order valence-electron chi connectivity index (χ0n) is 26.5. The quantitative estimate of drug-likeness (QED) is 0.182. The second-order valence-electron chi connectivity index (χ2n) is 12.5. The highest BCUT2D eigenvalue weighted by atomic mass is 19.1. The molecule has 4 heterocycles. The van der Waals surface area contributed by atoms with E-state index in [0.717, 1.165) is 22.2 Å². The van der Waals surface area contributed by atoms with Crippen molar-refractivity contribution in [2.75, 3.05) is 0 Å². The van der Waals surface area contributed by atoms with Gasteiger partial charge < -0.3 is 24.5 Å². The molecule has 6 bridgehead atoms. The van der Waals surface area contributed by atoms with Crippen LogP contribution in [0.4, 0.5) is 8.78 Å². The number of aryl methyl sites for hydroxylation is 1. The molecule has 0 fully saturated rings. The predicted molar refractivity (Wildman–Crippen MR) is 174 cm³/mol. The summed E-state index contributed by atoms with van der Waals surface area (Å²) in [5.41, 5.74) is 3.92. The smallest absolute Gasteiger partial charge is 0.303 e.